The monoisotopic (exact) mass is 406 g/mol. The molecule has 0 saturated heterocycles. The van der Waals surface area contributed by atoms with Gasteiger partial charge in [0.25, 0.3) is 0 Å². The fourth-order valence-corrected chi connectivity index (χ4v) is 1.26. The second-order valence-electron chi connectivity index (χ2n) is 3.94. The predicted molar refractivity (Wildman–Crippen MR) is 71.9 cm³/mol. The molecule has 0 spiro atoms. The molecule has 0 saturated carbocycles. The minimum absolute atomic E-state index is 0. The molecule has 0 bridgehead atoms. The molecule has 0 amide bonds. The first-order valence-corrected chi connectivity index (χ1v) is 8.18. The van der Waals surface area contributed by atoms with Gasteiger partial charge in [-0.3, -0.25) is 0 Å². The standard InChI is InChI=1S/C12H14O4.F6P.K/c1-3-15-11(13)9-7-5-6-8-10(9)12(14)16-4-2;1-7(2,3,4,5)6;/h5-8H,3-4H2,1-2H3;;/q;-1;+1. The van der Waals surface area contributed by atoms with Crippen LogP contribution in [-0.2, 0) is 9.47 Å². The van der Waals surface area contributed by atoms with E-state index in [1.807, 2.05) is 0 Å². The van der Waals surface area contributed by atoms with Crippen molar-refractivity contribution in [1.82, 2.24) is 0 Å². The zero-order valence-electron chi connectivity index (χ0n) is 13.1. The number of ether oxygens (including phenoxy) is 2. The number of hydrogen-bond acceptors (Lipinski definition) is 4. The van der Waals surface area contributed by atoms with Crippen LogP contribution in [0.5, 0.6) is 0 Å². The Balaban J connectivity index is 0. The molecular formula is C12H14F6KO4P. The van der Waals surface area contributed by atoms with Crippen LogP contribution in [0, 0.1) is 0 Å². The summed E-state index contributed by atoms with van der Waals surface area (Å²) in [6.07, 6.45) is 0. The first-order chi connectivity index (χ1) is 10.2. The molecule has 134 valence electrons. The maximum Gasteiger partial charge on any atom is 1.00 e. The van der Waals surface area contributed by atoms with Crippen LogP contribution < -0.4 is 51.4 Å². The Morgan fingerprint density at radius 3 is 1.29 bits per heavy atom. The third-order valence-electron chi connectivity index (χ3n) is 1.92. The van der Waals surface area contributed by atoms with E-state index >= 15 is 0 Å². The van der Waals surface area contributed by atoms with Crippen LogP contribution in [0.1, 0.15) is 34.6 Å². The molecule has 24 heavy (non-hydrogen) atoms. The van der Waals surface area contributed by atoms with Crippen LogP contribution in [0.15, 0.2) is 24.3 Å². The van der Waals surface area contributed by atoms with Gasteiger partial charge in [0.15, 0.2) is 0 Å². The van der Waals surface area contributed by atoms with Crippen LogP contribution in [0.25, 0.3) is 0 Å². The molecule has 0 unspecified atom stereocenters. The Labute approximate surface area is 176 Å². The minimum Gasteiger partial charge on any atom is 1.00 e. The third-order valence-corrected chi connectivity index (χ3v) is 1.92. The van der Waals surface area contributed by atoms with E-state index in [0.29, 0.717) is 0 Å². The van der Waals surface area contributed by atoms with Crippen LogP contribution in [-0.4, -0.2) is 25.2 Å². The van der Waals surface area contributed by atoms with E-state index in [4.69, 9.17) is 9.47 Å². The van der Waals surface area contributed by atoms with Gasteiger partial charge in [-0.2, -0.15) is 0 Å². The quantitative estimate of drug-likeness (QED) is 0.334. The number of carbonyl (C=O) groups excluding carboxylic acids is 2. The summed E-state index contributed by atoms with van der Waals surface area (Å²) in [6.45, 7) is 3.97. The summed E-state index contributed by atoms with van der Waals surface area (Å²) in [6, 6.07) is 6.44. The fourth-order valence-electron chi connectivity index (χ4n) is 1.26. The van der Waals surface area contributed by atoms with Crippen molar-refractivity contribution in [2.75, 3.05) is 13.2 Å². The van der Waals surface area contributed by atoms with Gasteiger partial charge in [0.05, 0.1) is 24.3 Å². The second kappa shape index (κ2) is 8.95. The first kappa shape index (κ1) is 26.0. The summed E-state index contributed by atoms with van der Waals surface area (Å²) in [5.74, 6) is -1.02. The molecule has 0 aromatic heterocycles. The van der Waals surface area contributed by atoms with E-state index in [2.05, 4.69) is 0 Å². The van der Waals surface area contributed by atoms with Gasteiger partial charge >= 0.3 is 96.3 Å². The van der Waals surface area contributed by atoms with E-state index in [1.54, 1.807) is 38.1 Å². The largest absolute Gasteiger partial charge is 1.00 e. The SMILES string of the molecule is CCOC(=O)c1ccccc1C(=O)OCC.F[P-](F)(F)(F)(F)F.[K+]. The smallest absolute Gasteiger partial charge is 1.00 e. The van der Waals surface area contributed by atoms with Gasteiger partial charge < -0.3 is 9.47 Å². The second-order valence-corrected chi connectivity index (χ2v) is 5.86. The van der Waals surface area contributed by atoms with Crippen LogP contribution in [0.3, 0.4) is 0 Å². The summed E-state index contributed by atoms with van der Waals surface area (Å²) >= 11 is 0. The van der Waals surface area contributed by atoms with Crippen molar-refractivity contribution >= 4 is 19.7 Å². The summed E-state index contributed by atoms with van der Waals surface area (Å²) in [5.41, 5.74) is 0.477. The molecular weight excluding hydrogens is 392 g/mol. The summed E-state index contributed by atoms with van der Waals surface area (Å²) in [4.78, 5) is 23.1. The van der Waals surface area contributed by atoms with Crippen molar-refractivity contribution in [3.05, 3.63) is 35.4 Å². The van der Waals surface area contributed by atoms with Crippen molar-refractivity contribution in [2.24, 2.45) is 0 Å². The number of rotatable bonds is 4. The molecule has 0 aliphatic heterocycles. The molecule has 0 aliphatic rings. The van der Waals surface area contributed by atoms with Crippen molar-refractivity contribution < 1.29 is 95.6 Å². The molecule has 0 fully saturated rings. The average molecular weight is 406 g/mol. The van der Waals surface area contributed by atoms with Crippen molar-refractivity contribution in [1.29, 1.82) is 0 Å². The molecule has 1 aromatic rings. The maximum atomic E-state index is 11.5. The summed E-state index contributed by atoms with van der Waals surface area (Å²) in [7, 11) is -10.7. The number of carbonyl (C=O) groups is 2. The Kier molecular flexibility index (Phi) is 9.71. The molecule has 1 aromatic carbocycles. The first-order valence-electron chi connectivity index (χ1n) is 6.15. The van der Waals surface area contributed by atoms with Gasteiger partial charge in [-0.15, -0.1) is 0 Å². The zero-order valence-corrected chi connectivity index (χ0v) is 17.1. The van der Waals surface area contributed by atoms with Crippen molar-refractivity contribution in [3.63, 3.8) is 0 Å². The van der Waals surface area contributed by atoms with E-state index in [-0.39, 0.29) is 75.7 Å². The number of halogens is 6. The topological polar surface area (TPSA) is 52.6 Å². The van der Waals surface area contributed by atoms with E-state index in [1.165, 1.54) is 0 Å². The fraction of sp³-hybridized carbons (Fsp3) is 0.333. The number of hydrogen-bond donors (Lipinski definition) is 0. The van der Waals surface area contributed by atoms with E-state index in [9.17, 15) is 34.8 Å². The minimum atomic E-state index is -10.7. The van der Waals surface area contributed by atoms with Gasteiger partial charge in [-0.25, -0.2) is 9.59 Å². The zero-order chi connectivity index (χ0) is 18.4. The molecule has 1 rings (SSSR count). The Bertz CT molecular complexity index is 527. The summed E-state index contributed by atoms with van der Waals surface area (Å²) in [5, 5.41) is 0. The molecule has 0 N–H and O–H groups in total. The van der Waals surface area contributed by atoms with Crippen LogP contribution in [0.2, 0.25) is 0 Å². The molecule has 0 radical (unpaired) electrons. The van der Waals surface area contributed by atoms with Gasteiger partial charge in [0, 0.05) is 0 Å². The van der Waals surface area contributed by atoms with Gasteiger partial charge in [-0.1, -0.05) is 12.1 Å². The van der Waals surface area contributed by atoms with Crippen LogP contribution >= 0.6 is 7.81 Å². The van der Waals surface area contributed by atoms with Crippen molar-refractivity contribution in [3.8, 4) is 0 Å². The third kappa shape index (κ3) is 15.3. The Morgan fingerprint density at radius 1 is 0.833 bits per heavy atom. The number of esters is 2. The van der Waals surface area contributed by atoms with Crippen molar-refractivity contribution in [2.45, 2.75) is 13.8 Å². The predicted octanol–water partition coefficient (Wildman–Crippen LogP) is 2.43. The van der Waals surface area contributed by atoms with Gasteiger partial charge in [0.1, 0.15) is 0 Å². The molecule has 0 heterocycles. The Hall–Kier alpha value is -0.194. The van der Waals surface area contributed by atoms with E-state index < -0.39 is 19.7 Å². The van der Waals surface area contributed by atoms with Gasteiger partial charge in [0.2, 0.25) is 0 Å². The maximum absolute atomic E-state index is 11.5. The molecule has 12 heteroatoms. The Morgan fingerprint density at radius 2 is 1.08 bits per heavy atom. The van der Waals surface area contributed by atoms with E-state index in [0.717, 1.165) is 0 Å². The number of benzene rings is 1. The van der Waals surface area contributed by atoms with Gasteiger partial charge in [-0.05, 0) is 26.0 Å². The van der Waals surface area contributed by atoms with Crippen LogP contribution in [0.4, 0.5) is 25.2 Å². The average Bonchev–Trinajstić information content (AvgIpc) is 2.35. The molecule has 4 nitrogen and oxygen atoms in total. The molecule has 0 aliphatic carbocycles. The summed E-state index contributed by atoms with van der Waals surface area (Å²) < 4.78 is 68.9. The molecule has 0 atom stereocenters. The normalized spacial score (nSPS) is 13.2.